The Labute approximate surface area is 137 Å². The third kappa shape index (κ3) is 4.82. The Hall–Kier alpha value is -1.39. The molecule has 2 unspecified atom stereocenters. The molecule has 1 saturated heterocycles. The fourth-order valence-electron chi connectivity index (χ4n) is 2.73. The molecule has 2 rings (SSSR count). The van der Waals surface area contributed by atoms with E-state index in [1.165, 1.54) is 12.1 Å². The van der Waals surface area contributed by atoms with Crippen molar-refractivity contribution in [1.29, 1.82) is 0 Å². The van der Waals surface area contributed by atoms with Crippen molar-refractivity contribution in [2.24, 2.45) is 11.7 Å². The fourth-order valence-corrected chi connectivity index (χ4v) is 2.73. The molecule has 1 amide bonds. The van der Waals surface area contributed by atoms with Crippen molar-refractivity contribution in [3.8, 4) is 0 Å². The Morgan fingerprint density at radius 3 is 2.86 bits per heavy atom. The summed E-state index contributed by atoms with van der Waals surface area (Å²) < 4.78 is 13.2. The van der Waals surface area contributed by atoms with Gasteiger partial charge in [0.05, 0.1) is 0 Å². The molecule has 2 N–H and O–H groups in total. The second kappa shape index (κ2) is 8.30. The van der Waals surface area contributed by atoms with Gasteiger partial charge in [0.25, 0.3) is 0 Å². The maximum absolute atomic E-state index is 13.2. The van der Waals surface area contributed by atoms with E-state index in [1.807, 2.05) is 24.8 Å². The molecule has 22 heavy (non-hydrogen) atoms. The topological polar surface area (TPSA) is 46.3 Å². The molecule has 0 aromatic heterocycles. The third-order valence-electron chi connectivity index (χ3n) is 4.13. The van der Waals surface area contributed by atoms with E-state index in [0.29, 0.717) is 12.5 Å². The summed E-state index contributed by atoms with van der Waals surface area (Å²) in [4.78, 5) is 14.2. The van der Waals surface area contributed by atoms with Crippen molar-refractivity contribution in [3.63, 3.8) is 0 Å². The molecular formula is C17H24ClFN2O. The minimum atomic E-state index is -0.289. The quantitative estimate of drug-likeness (QED) is 0.867. The first kappa shape index (κ1) is 18.7. The molecular weight excluding hydrogens is 303 g/mol. The van der Waals surface area contributed by atoms with Gasteiger partial charge < -0.3 is 10.6 Å². The zero-order chi connectivity index (χ0) is 15.4. The predicted molar refractivity (Wildman–Crippen MR) is 90.3 cm³/mol. The highest BCUT2D eigenvalue weighted by Gasteiger charge is 2.24. The van der Waals surface area contributed by atoms with Crippen LogP contribution in [0, 0.1) is 11.7 Å². The molecule has 0 spiro atoms. The monoisotopic (exact) mass is 326 g/mol. The largest absolute Gasteiger partial charge is 0.339 e. The number of likely N-dealkylation sites (tertiary alicyclic amines) is 1. The van der Waals surface area contributed by atoms with Gasteiger partial charge in [0, 0.05) is 25.2 Å². The first-order valence-electron chi connectivity index (χ1n) is 7.46. The van der Waals surface area contributed by atoms with Crippen molar-refractivity contribution in [1.82, 2.24) is 4.90 Å². The van der Waals surface area contributed by atoms with Crippen molar-refractivity contribution in [3.05, 3.63) is 41.7 Å². The summed E-state index contributed by atoms with van der Waals surface area (Å²) in [6.45, 7) is 5.31. The van der Waals surface area contributed by atoms with Gasteiger partial charge in [-0.15, -0.1) is 12.4 Å². The van der Waals surface area contributed by atoms with Gasteiger partial charge in [-0.3, -0.25) is 4.79 Å². The van der Waals surface area contributed by atoms with Crippen LogP contribution >= 0.6 is 12.4 Å². The molecule has 1 aromatic rings. The Morgan fingerprint density at radius 1 is 1.50 bits per heavy atom. The van der Waals surface area contributed by atoms with Gasteiger partial charge in [0.15, 0.2) is 0 Å². The van der Waals surface area contributed by atoms with Gasteiger partial charge in [-0.05, 0) is 55.9 Å². The van der Waals surface area contributed by atoms with E-state index in [-0.39, 0.29) is 30.2 Å². The number of nitrogens with zero attached hydrogens (tertiary/aromatic N) is 1. The van der Waals surface area contributed by atoms with E-state index in [2.05, 4.69) is 0 Å². The first-order chi connectivity index (χ1) is 9.97. The number of benzene rings is 1. The molecule has 1 aliphatic rings. The van der Waals surface area contributed by atoms with Gasteiger partial charge in [0.1, 0.15) is 5.82 Å². The molecule has 1 aromatic carbocycles. The number of allylic oxidation sites excluding steroid dienone is 1. The molecule has 5 heteroatoms. The summed E-state index contributed by atoms with van der Waals surface area (Å²) >= 11 is 0. The van der Waals surface area contributed by atoms with E-state index in [0.717, 1.165) is 30.5 Å². The molecule has 0 bridgehead atoms. The van der Waals surface area contributed by atoms with E-state index in [4.69, 9.17) is 5.73 Å². The molecule has 1 fully saturated rings. The summed E-state index contributed by atoms with van der Waals surface area (Å²) in [6.07, 6.45) is 3.66. The first-order valence-corrected chi connectivity index (χ1v) is 7.46. The highest BCUT2D eigenvalue weighted by atomic mass is 35.5. The molecule has 0 radical (unpaired) electrons. The lowest BCUT2D eigenvalue weighted by Crippen LogP contribution is -2.44. The Balaban J connectivity index is 0.00000242. The summed E-state index contributed by atoms with van der Waals surface area (Å²) in [5, 5.41) is 0. The van der Waals surface area contributed by atoms with Crippen LogP contribution in [0.5, 0.6) is 0 Å². The molecule has 122 valence electrons. The van der Waals surface area contributed by atoms with Crippen LogP contribution in [0.3, 0.4) is 0 Å². The van der Waals surface area contributed by atoms with E-state index < -0.39 is 0 Å². The summed E-state index contributed by atoms with van der Waals surface area (Å²) in [6, 6.07) is 6.41. The van der Waals surface area contributed by atoms with Crippen LogP contribution < -0.4 is 5.73 Å². The van der Waals surface area contributed by atoms with Crippen LogP contribution in [0.2, 0.25) is 0 Å². The highest BCUT2D eigenvalue weighted by Crippen LogP contribution is 2.20. The third-order valence-corrected chi connectivity index (χ3v) is 4.13. The van der Waals surface area contributed by atoms with Crippen LogP contribution in [-0.2, 0) is 4.79 Å². The number of hydrogen-bond donors (Lipinski definition) is 1. The Kier molecular flexibility index (Phi) is 7.04. The summed E-state index contributed by atoms with van der Waals surface area (Å²) in [5.41, 5.74) is 7.46. The van der Waals surface area contributed by atoms with Crippen molar-refractivity contribution < 1.29 is 9.18 Å². The van der Waals surface area contributed by atoms with Crippen molar-refractivity contribution in [2.75, 3.05) is 13.1 Å². The van der Waals surface area contributed by atoms with E-state index >= 15 is 0 Å². The standard InChI is InChI=1S/C17H23FN2O.ClH/c1-12(14-5-3-7-16(18)10-14)9-17(21)20-8-4-6-15(11-20)13(2)19;/h3,5,7,9-10,13,15H,4,6,8,11,19H2,1-2H3;1H. The van der Waals surface area contributed by atoms with Crippen LogP contribution in [-0.4, -0.2) is 29.9 Å². The van der Waals surface area contributed by atoms with Crippen molar-refractivity contribution >= 4 is 23.9 Å². The van der Waals surface area contributed by atoms with Gasteiger partial charge in [-0.1, -0.05) is 12.1 Å². The van der Waals surface area contributed by atoms with Gasteiger partial charge >= 0.3 is 0 Å². The number of carbonyl (C=O) groups is 1. The van der Waals surface area contributed by atoms with Crippen LogP contribution in [0.15, 0.2) is 30.3 Å². The Morgan fingerprint density at radius 2 is 2.23 bits per heavy atom. The molecule has 3 nitrogen and oxygen atoms in total. The molecule has 1 aliphatic heterocycles. The lowest BCUT2D eigenvalue weighted by Gasteiger charge is -2.34. The van der Waals surface area contributed by atoms with Gasteiger partial charge in [0.2, 0.25) is 5.91 Å². The zero-order valence-corrected chi connectivity index (χ0v) is 13.9. The van der Waals surface area contributed by atoms with Crippen LogP contribution in [0.4, 0.5) is 4.39 Å². The number of amides is 1. The van der Waals surface area contributed by atoms with E-state index in [1.54, 1.807) is 12.1 Å². The zero-order valence-electron chi connectivity index (χ0n) is 13.1. The minimum absolute atomic E-state index is 0. The van der Waals surface area contributed by atoms with Crippen molar-refractivity contribution in [2.45, 2.75) is 32.7 Å². The average Bonchev–Trinajstić information content (AvgIpc) is 2.47. The number of piperidine rings is 1. The van der Waals surface area contributed by atoms with Gasteiger partial charge in [-0.25, -0.2) is 4.39 Å². The van der Waals surface area contributed by atoms with Crippen LogP contribution in [0.1, 0.15) is 32.3 Å². The maximum atomic E-state index is 13.2. The number of carbonyl (C=O) groups excluding carboxylic acids is 1. The summed E-state index contributed by atoms with van der Waals surface area (Å²) in [5.74, 6) is 0.0652. The summed E-state index contributed by atoms with van der Waals surface area (Å²) in [7, 11) is 0. The minimum Gasteiger partial charge on any atom is -0.339 e. The second-order valence-electron chi connectivity index (χ2n) is 5.88. The lowest BCUT2D eigenvalue weighted by atomic mass is 9.92. The highest BCUT2D eigenvalue weighted by molar-refractivity contribution is 5.94. The average molecular weight is 327 g/mol. The Bertz CT molecular complexity index is 545. The molecule has 0 saturated carbocycles. The number of hydrogen-bond acceptors (Lipinski definition) is 2. The SMILES string of the molecule is CC(=CC(=O)N1CCCC(C(C)N)C1)c1cccc(F)c1.Cl. The lowest BCUT2D eigenvalue weighted by molar-refractivity contribution is -0.127. The molecule has 0 aliphatic carbocycles. The molecule has 1 heterocycles. The fraction of sp³-hybridized carbons (Fsp3) is 0.471. The number of nitrogens with two attached hydrogens (primary N) is 1. The van der Waals surface area contributed by atoms with Gasteiger partial charge in [-0.2, -0.15) is 0 Å². The van der Waals surface area contributed by atoms with Crippen LogP contribution in [0.25, 0.3) is 5.57 Å². The number of halogens is 2. The second-order valence-corrected chi connectivity index (χ2v) is 5.88. The normalized spacial score (nSPS) is 20.3. The maximum Gasteiger partial charge on any atom is 0.246 e. The number of rotatable bonds is 3. The molecule has 2 atom stereocenters. The van der Waals surface area contributed by atoms with E-state index in [9.17, 15) is 9.18 Å². The predicted octanol–water partition coefficient (Wildman–Crippen LogP) is 3.24. The smallest absolute Gasteiger partial charge is 0.246 e.